The average molecular weight is 547 g/mol. The van der Waals surface area contributed by atoms with E-state index < -0.39 is 43.6 Å². The number of pyridine rings is 2. The molecule has 38 heavy (non-hydrogen) atoms. The lowest BCUT2D eigenvalue weighted by Gasteiger charge is -2.14. The number of rotatable bonds is 7. The van der Waals surface area contributed by atoms with Crippen LogP contribution in [-0.2, 0) is 10.0 Å². The molecule has 0 amide bonds. The van der Waals surface area contributed by atoms with Crippen molar-refractivity contribution in [2.75, 3.05) is 4.72 Å². The monoisotopic (exact) mass is 546 g/mol. The molecule has 0 aliphatic carbocycles. The Kier molecular flexibility index (Phi) is 10.2. The van der Waals surface area contributed by atoms with Crippen LogP contribution >= 0.6 is 0 Å². The molecular weight excluding hydrogens is 513 g/mol. The van der Waals surface area contributed by atoms with Crippen molar-refractivity contribution in [3.05, 3.63) is 88.5 Å². The second-order valence-electron chi connectivity index (χ2n) is 8.56. The molecule has 3 rings (SSSR count). The molecule has 0 aliphatic rings. The number of nitrogens with one attached hydrogen (secondary N) is 2. The van der Waals surface area contributed by atoms with E-state index in [2.05, 4.69) is 20.0 Å². The van der Waals surface area contributed by atoms with Gasteiger partial charge in [-0.1, -0.05) is 25.5 Å². The van der Waals surface area contributed by atoms with Gasteiger partial charge in [-0.3, -0.25) is 14.7 Å². The summed E-state index contributed by atoms with van der Waals surface area (Å²) in [7, 11) is -4.39. The maximum atomic E-state index is 15.3. The van der Waals surface area contributed by atoms with Gasteiger partial charge in [0.2, 0.25) is 0 Å². The van der Waals surface area contributed by atoms with Crippen molar-refractivity contribution in [3.8, 4) is 11.1 Å². The second kappa shape index (κ2) is 12.7. The van der Waals surface area contributed by atoms with Crippen molar-refractivity contribution in [1.29, 1.82) is 0 Å². The van der Waals surface area contributed by atoms with Gasteiger partial charge in [-0.25, -0.2) is 21.6 Å². The van der Waals surface area contributed by atoms with Crippen LogP contribution in [0.25, 0.3) is 16.7 Å². The van der Waals surface area contributed by atoms with E-state index in [0.717, 1.165) is 46.9 Å². The molecule has 0 bridgehead atoms. The molecule has 2 N–H and O–H groups in total. The molecule has 3 aromatic rings. The summed E-state index contributed by atoms with van der Waals surface area (Å²) in [4.78, 5) is 7.58. The fraction of sp³-hybridized carbons (Fsp3) is 0.286. The molecule has 0 radical (unpaired) electrons. The number of hydrogen-bond donors (Lipinski definition) is 2. The van der Waals surface area contributed by atoms with Gasteiger partial charge in [0.15, 0.2) is 5.82 Å². The molecule has 204 valence electrons. The minimum absolute atomic E-state index is 0.0272. The fourth-order valence-corrected chi connectivity index (χ4v) is 4.58. The summed E-state index contributed by atoms with van der Waals surface area (Å²) in [6, 6.07) is 5.82. The summed E-state index contributed by atoms with van der Waals surface area (Å²) in [6.07, 6.45) is 2.19. The first-order valence-electron chi connectivity index (χ1n) is 12.0. The molecule has 0 saturated heterocycles. The average Bonchev–Trinajstić information content (AvgIpc) is 2.88. The largest absolute Gasteiger partial charge is 0.363 e. The lowest BCUT2D eigenvalue weighted by Crippen LogP contribution is -2.16. The number of anilines is 1. The Hall–Kier alpha value is -3.66. The van der Waals surface area contributed by atoms with Gasteiger partial charge >= 0.3 is 0 Å². The number of hydrogen-bond acceptors (Lipinski definition) is 5. The number of aromatic nitrogens is 2. The number of sulfonamides is 1. The molecular formula is C28H33F3N4O2S. The third-order valence-electron chi connectivity index (χ3n) is 5.76. The van der Waals surface area contributed by atoms with Crippen LogP contribution in [0.4, 0.5) is 18.9 Å². The predicted molar refractivity (Wildman–Crippen MR) is 146 cm³/mol. The van der Waals surface area contributed by atoms with Crippen molar-refractivity contribution in [2.24, 2.45) is 0 Å². The lowest BCUT2D eigenvalue weighted by atomic mass is 10.0. The van der Waals surface area contributed by atoms with Crippen LogP contribution in [-0.4, -0.2) is 18.4 Å². The van der Waals surface area contributed by atoms with Crippen LogP contribution < -0.4 is 10.0 Å². The third-order valence-corrected chi connectivity index (χ3v) is 7.24. The quantitative estimate of drug-likeness (QED) is 0.324. The first-order valence-corrected chi connectivity index (χ1v) is 13.5. The van der Waals surface area contributed by atoms with Crippen LogP contribution in [0.15, 0.2) is 64.6 Å². The van der Waals surface area contributed by atoms with E-state index in [1.807, 2.05) is 48.5 Å². The van der Waals surface area contributed by atoms with Crippen molar-refractivity contribution in [2.45, 2.75) is 60.3 Å². The van der Waals surface area contributed by atoms with Crippen LogP contribution in [0.3, 0.4) is 0 Å². The highest BCUT2D eigenvalue weighted by Gasteiger charge is 2.23. The molecule has 0 aliphatic heterocycles. The van der Waals surface area contributed by atoms with Crippen molar-refractivity contribution in [1.82, 2.24) is 15.3 Å². The van der Waals surface area contributed by atoms with Crippen molar-refractivity contribution in [3.63, 3.8) is 0 Å². The van der Waals surface area contributed by atoms with Gasteiger partial charge < -0.3 is 5.32 Å². The minimum atomic E-state index is -4.39. The van der Waals surface area contributed by atoms with E-state index in [4.69, 9.17) is 0 Å². The zero-order valence-corrected chi connectivity index (χ0v) is 23.6. The first-order chi connectivity index (χ1) is 17.8. The van der Waals surface area contributed by atoms with Gasteiger partial charge in [-0.2, -0.15) is 0 Å². The van der Waals surface area contributed by atoms with Gasteiger partial charge in [-0.15, -0.1) is 0 Å². The molecule has 0 unspecified atom stereocenters. The summed E-state index contributed by atoms with van der Waals surface area (Å²) in [5.74, 6) is -2.88. The standard InChI is InChI=1S/C26H27F3N4O2S.C2H6/c1-14(2)16(4)32-17(5)15(3)22-9-7-19(12-31-22)25-21(28)8-10-23(26(25)29)33-36(34,35)24-11-20(27)13-30-18(24)6;1-2/h7-13,32-33H,1-6H3;1-2H3/b17-15+;. The highest BCUT2D eigenvalue weighted by molar-refractivity contribution is 7.92. The van der Waals surface area contributed by atoms with E-state index in [0.29, 0.717) is 5.69 Å². The molecule has 6 nitrogen and oxygen atoms in total. The lowest BCUT2D eigenvalue weighted by molar-refractivity contribution is 0.584. The number of aryl methyl sites for hydroxylation is 1. The molecule has 0 fully saturated rings. The van der Waals surface area contributed by atoms with Gasteiger partial charge in [0.25, 0.3) is 10.0 Å². The summed E-state index contributed by atoms with van der Waals surface area (Å²) < 4.78 is 71.2. The first kappa shape index (κ1) is 30.6. The van der Waals surface area contributed by atoms with Crippen molar-refractivity contribution < 1.29 is 21.6 Å². The normalized spacial score (nSPS) is 11.7. The van der Waals surface area contributed by atoms with E-state index in [-0.39, 0.29) is 11.3 Å². The summed E-state index contributed by atoms with van der Waals surface area (Å²) in [6.45, 7) is 15.1. The molecule has 0 atom stereocenters. The second-order valence-corrected chi connectivity index (χ2v) is 10.2. The summed E-state index contributed by atoms with van der Waals surface area (Å²) >= 11 is 0. The Morgan fingerprint density at radius 1 is 0.868 bits per heavy atom. The third kappa shape index (κ3) is 7.00. The summed E-state index contributed by atoms with van der Waals surface area (Å²) in [5.41, 5.74) is 3.70. The molecule has 1 aromatic carbocycles. The topological polar surface area (TPSA) is 84.0 Å². The number of nitrogens with zero attached hydrogens (tertiary/aromatic N) is 2. The molecule has 0 saturated carbocycles. The summed E-state index contributed by atoms with van der Waals surface area (Å²) in [5, 5.41) is 3.30. The molecule has 0 spiro atoms. The Balaban J connectivity index is 0.00000247. The Labute approximate surface area is 222 Å². The zero-order valence-electron chi connectivity index (χ0n) is 22.8. The van der Waals surface area contributed by atoms with Gasteiger partial charge in [0, 0.05) is 23.2 Å². The number of benzene rings is 1. The smallest absolute Gasteiger partial charge is 0.263 e. The van der Waals surface area contributed by atoms with E-state index in [9.17, 15) is 17.2 Å². The molecule has 10 heteroatoms. The highest BCUT2D eigenvalue weighted by atomic mass is 32.2. The van der Waals surface area contributed by atoms with E-state index >= 15 is 4.39 Å². The highest BCUT2D eigenvalue weighted by Crippen LogP contribution is 2.32. The fourth-order valence-electron chi connectivity index (χ4n) is 3.31. The Morgan fingerprint density at radius 3 is 2.11 bits per heavy atom. The van der Waals surface area contributed by atoms with Gasteiger partial charge in [0.05, 0.1) is 28.8 Å². The molecule has 2 aromatic heterocycles. The number of allylic oxidation sites excluding steroid dienone is 4. The van der Waals surface area contributed by atoms with E-state index in [1.54, 1.807) is 6.07 Å². The van der Waals surface area contributed by atoms with Crippen molar-refractivity contribution >= 4 is 21.3 Å². The Bertz CT molecular complexity index is 1480. The van der Waals surface area contributed by atoms with Gasteiger partial charge in [-0.05, 0) is 71.4 Å². The SMILES string of the molecule is CC.CC(C)=C(C)N/C(C)=C(\C)c1ccc(-c2c(F)ccc(NS(=O)(=O)c3cc(F)cnc3C)c2F)cn1. The van der Waals surface area contributed by atoms with E-state index in [1.165, 1.54) is 19.2 Å². The Morgan fingerprint density at radius 2 is 1.53 bits per heavy atom. The zero-order chi connectivity index (χ0) is 28.8. The van der Waals surface area contributed by atoms with Crippen LogP contribution in [0.1, 0.15) is 59.9 Å². The maximum absolute atomic E-state index is 15.3. The van der Waals surface area contributed by atoms with Crippen LogP contribution in [0.5, 0.6) is 0 Å². The van der Waals surface area contributed by atoms with Crippen LogP contribution in [0, 0.1) is 24.4 Å². The predicted octanol–water partition coefficient (Wildman–Crippen LogP) is 7.35. The maximum Gasteiger partial charge on any atom is 0.263 e. The molecule has 2 heterocycles. The minimum Gasteiger partial charge on any atom is -0.363 e. The van der Waals surface area contributed by atoms with Gasteiger partial charge in [0.1, 0.15) is 16.5 Å². The number of halogens is 3. The van der Waals surface area contributed by atoms with Crippen LogP contribution in [0.2, 0.25) is 0 Å².